The number of ether oxygens (including phenoxy) is 2. The molecule has 106 valence electrons. The highest BCUT2D eigenvalue weighted by Gasteiger charge is 2.06. The van der Waals surface area contributed by atoms with Crippen molar-refractivity contribution in [2.75, 3.05) is 13.7 Å². The summed E-state index contributed by atoms with van der Waals surface area (Å²) in [5.74, 6) is 1.13. The van der Waals surface area contributed by atoms with Gasteiger partial charge in [0.2, 0.25) is 0 Å². The van der Waals surface area contributed by atoms with Crippen LogP contribution in [0.4, 0.5) is 4.39 Å². The van der Waals surface area contributed by atoms with Gasteiger partial charge in [0.15, 0.2) is 0 Å². The smallest absolute Gasteiger partial charge is 0.131 e. The van der Waals surface area contributed by atoms with Crippen molar-refractivity contribution in [2.24, 2.45) is 0 Å². The van der Waals surface area contributed by atoms with Crippen LogP contribution in [-0.4, -0.2) is 13.7 Å². The van der Waals surface area contributed by atoms with E-state index >= 15 is 0 Å². The van der Waals surface area contributed by atoms with Gasteiger partial charge in [-0.15, -0.1) is 0 Å². The molecule has 2 aromatic carbocycles. The molecule has 0 heterocycles. The summed E-state index contributed by atoms with van der Waals surface area (Å²) in [4.78, 5) is 0. The third kappa shape index (κ3) is 4.05. The fourth-order valence-corrected chi connectivity index (χ4v) is 2.26. The summed E-state index contributed by atoms with van der Waals surface area (Å²) in [6.45, 7) is 0.700. The standard InChI is InChI=1S/C16H16BrFO2/c1-19-9-8-12-2-5-15(6-3-12)20-16-7-4-14(18)10-13(16)11-17/h2-7,10H,8-9,11H2,1H3. The molecule has 0 aliphatic rings. The predicted molar refractivity (Wildman–Crippen MR) is 81.1 cm³/mol. The van der Waals surface area contributed by atoms with Crippen LogP contribution in [0.2, 0.25) is 0 Å². The highest BCUT2D eigenvalue weighted by atomic mass is 79.9. The largest absolute Gasteiger partial charge is 0.457 e. The number of benzene rings is 2. The first kappa shape index (κ1) is 15.0. The maximum atomic E-state index is 13.2. The van der Waals surface area contributed by atoms with Gasteiger partial charge in [-0.05, 0) is 42.3 Å². The van der Waals surface area contributed by atoms with Crippen molar-refractivity contribution >= 4 is 15.9 Å². The van der Waals surface area contributed by atoms with Gasteiger partial charge in [-0.1, -0.05) is 28.1 Å². The summed E-state index contributed by atoms with van der Waals surface area (Å²) in [5, 5.41) is 0.548. The molecule has 0 amide bonds. The first-order valence-corrected chi connectivity index (χ1v) is 7.45. The Labute approximate surface area is 126 Å². The van der Waals surface area contributed by atoms with Crippen LogP contribution in [-0.2, 0) is 16.5 Å². The van der Waals surface area contributed by atoms with Crippen molar-refractivity contribution < 1.29 is 13.9 Å². The summed E-state index contributed by atoms with van der Waals surface area (Å²) in [6.07, 6.45) is 0.875. The van der Waals surface area contributed by atoms with Gasteiger partial charge in [-0.3, -0.25) is 0 Å². The van der Waals surface area contributed by atoms with Gasteiger partial charge in [-0.25, -0.2) is 4.39 Å². The van der Waals surface area contributed by atoms with E-state index in [4.69, 9.17) is 9.47 Å². The molecule has 0 saturated carbocycles. The SMILES string of the molecule is COCCc1ccc(Oc2ccc(F)cc2CBr)cc1. The summed E-state index contributed by atoms with van der Waals surface area (Å²) < 4.78 is 24.0. The van der Waals surface area contributed by atoms with E-state index in [1.807, 2.05) is 24.3 Å². The van der Waals surface area contributed by atoms with Crippen LogP contribution in [0.25, 0.3) is 0 Å². The minimum Gasteiger partial charge on any atom is -0.457 e. The molecule has 2 aromatic rings. The maximum Gasteiger partial charge on any atom is 0.131 e. The van der Waals surface area contributed by atoms with Crippen molar-refractivity contribution in [2.45, 2.75) is 11.8 Å². The fourth-order valence-electron chi connectivity index (χ4n) is 1.82. The summed E-state index contributed by atoms with van der Waals surface area (Å²) in [6, 6.07) is 12.3. The molecule has 2 nitrogen and oxygen atoms in total. The van der Waals surface area contributed by atoms with E-state index in [0.717, 1.165) is 17.7 Å². The molecule has 0 bridgehead atoms. The summed E-state index contributed by atoms with van der Waals surface area (Å²) in [5.41, 5.74) is 1.98. The fraction of sp³-hybridized carbons (Fsp3) is 0.250. The molecule has 0 radical (unpaired) electrons. The first-order chi connectivity index (χ1) is 9.72. The lowest BCUT2D eigenvalue weighted by molar-refractivity contribution is 0.202. The number of hydrogen-bond donors (Lipinski definition) is 0. The van der Waals surface area contributed by atoms with Crippen LogP contribution in [0.5, 0.6) is 11.5 Å². The van der Waals surface area contributed by atoms with E-state index in [9.17, 15) is 4.39 Å². The monoisotopic (exact) mass is 338 g/mol. The normalized spacial score (nSPS) is 10.6. The Kier molecular flexibility index (Phi) is 5.56. The van der Waals surface area contributed by atoms with Crippen LogP contribution >= 0.6 is 15.9 Å². The Hall–Kier alpha value is -1.39. The quantitative estimate of drug-likeness (QED) is 0.710. The third-order valence-corrected chi connectivity index (χ3v) is 3.52. The first-order valence-electron chi connectivity index (χ1n) is 6.33. The molecular formula is C16H16BrFO2. The molecule has 0 fully saturated rings. The molecule has 2 rings (SSSR count). The lowest BCUT2D eigenvalue weighted by atomic mass is 10.1. The van der Waals surface area contributed by atoms with Crippen molar-refractivity contribution in [3.63, 3.8) is 0 Å². The number of halogens is 2. The highest BCUT2D eigenvalue weighted by Crippen LogP contribution is 2.27. The van der Waals surface area contributed by atoms with Gasteiger partial charge >= 0.3 is 0 Å². The molecule has 0 atom stereocenters. The Morgan fingerprint density at radius 3 is 2.50 bits per heavy atom. The zero-order valence-corrected chi connectivity index (χ0v) is 12.8. The van der Waals surface area contributed by atoms with Crippen molar-refractivity contribution in [1.82, 2.24) is 0 Å². The Morgan fingerprint density at radius 2 is 1.85 bits per heavy atom. The van der Waals surface area contributed by atoms with Crippen molar-refractivity contribution in [3.05, 3.63) is 59.4 Å². The minimum absolute atomic E-state index is 0.262. The third-order valence-electron chi connectivity index (χ3n) is 2.91. The molecular weight excluding hydrogens is 323 g/mol. The van der Waals surface area contributed by atoms with Crippen molar-refractivity contribution in [1.29, 1.82) is 0 Å². The lowest BCUT2D eigenvalue weighted by Gasteiger charge is -2.10. The van der Waals surface area contributed by atoms with Crippen LogP contribution in [0.1, 0.15) is 11.1 Å². The number of alkyl halides is 1. The zero-order valence-electron chi connectivity index (χ0n) is 11.2. The van der Waals surface area contributed by atoms with Gasteiger partial charge in [-0.2, -0.15) is 0 Å². The number of hydrogen-bond acceptors (Lipinski definition) is 2. The van der Waals surface area contributed by atoms with Crippen LogP contribution in [0.3, 0.4) is 0 Å². The van der Waals surface area contributed by atoms with Crippen LogP contribution < -0.4 is 4.74 Å². The molecule has 0 aliphatic carbocycles. The van der Waals surface area contributed by atoms with E-state index in [1.54, 1.807) is 13.2 Å². The topological polar surface area (TPSA) is 18.5 Å². The van der Waals surface area contributed by atoms with Gasteiger partial charge in [0.25, 0.3) is 0 Å². The van der Waals surface area contributed by atoms with Crippen LogP contribution in [0.15, 0.2) is 42.5 Å². The van der Waals surface area contributed by atoms with Crippen molar-refractivity contribution in [3.8, 4) is 11.5 Å². The van der Waals surface area contributed by atoms with E-state index < -0.39 is 0 Å². The van der Waals surface area contributed by atoms with Gasteiger partial charge in [0.05, 0.1) is 6.61 Å². The second kappa shape index (κ2) is 7.41. The van der Waals surface area contributed by atoms with E-state index in [0.29, 0.717) is 17.7 Å². The molecule has 0 spiro atoms. The second-order valence-electron chi connectivity index (χ2n) is 4.37. The zero-order chi connectivity index (χ0) is 14.4. The average molecular weight is 339 g/mol. The lowest BCUT2D eigenvalue weighted by Crippen LogP contribution is -1.94. The summed E-state index contributed by atoms with van der Waals surface area (Å²) in [7, 11) is 1.69. The Bertz CT molecular complexity index is 555. The Balaban J connectivity index is 2.10. The molecule has 0 saturated heterocycles. The van der Waals surface area contributed by atoms with Crippen LogP contribution in [0, 0.1) is 5.82 Å². The van der Waals surface area contributed by atoms with Gasteiger partial charge in [0, 0.05) is 18.0 Å². The minimum atomic E-state index is -0.262. The predicted octanol–water partition coefficient (Wildman–Crippen LogP) is 4.70. The molecule has 0 N–H and O–H groups in total. The van der Waals surface area contributed by atoms with E-state index in [2.05, 4.69) is 15.9 Å². The molecule has 0 aromatic heterocycles. The highest BCUT2D eigenvalue weighted by molar-refractivity contribution is 9.08. The molecule has 0 aliphatic heterocycles. The maximum absolute atomic E-state index is 13.2. The van der Waals surface area contributed by atoms with E-state index in [-0.39, 0.29) is 5.82 Å². The van der Waals surface area contributed by atoms with E-state index in [1.165, 1.54) is 17.7 Å². The molecule has 0 unspecified atom stereocenters. The Morgan fingerprint density at radius 1 is 1.10 bits per heavy atom. The number of methoxy groups -OCH3 is 1. The average Bonchev–Trinajstić information content (AvgIpc) is 2.48. The van der Waals surface area contributed by atoms with Gasteiger partial charge in [0.1, 0.15) is 17.3 Å². The number of rotatable bonds is 6. The van der Waals surface area contributed by atoms with Gasteiger partial charge < -0.3 is 9.47 Å². The summed E-state index contributed by atoms with van der Waals surface area (Å²) >= 11 is 3.34. The molecule has 20 heavy (non-hydrogen) atoms. The second-order valence-corrected chi connectivity index (χ2v) is 4.94. The molecule has 4 heteroatoms.